The second-order valence-electron chi connectivity index (χ2n) is 5.08. The third-order valence-electron chi connectivity index (χ3n) is 3.23. The molecule has 0 saturated heterocycles. The van der Waals surface area contributed by atoms with Gasteiger partial charge in [-0.2, -0.15) is 0 Å². The summed E-state index contributed by atoms with van der Waals surface area (Å²) in [6.45, 7) is 6.49. The van der Waals surface area contributed by atoms with Gasteiger partial charge >= 0.3 is 5.97 Å². The molecule has 0 aliphatic carbocycles. The smallest absolute Gasteiger partial charge is 0.303 e. The Labute approximate surface area is 107 Å². The fourth-order valence-corrected chi connectivity index (χ4v) is 2.43. The fourth-order valence-electron chi connectivity index (χ4n) is 2.43. The minimum atomic E-state index is -0.723. The molecule has 0 amide bonds. The SMILES string of the molecule is Cc1ncc2c(n1)CCN(CC(C)CC(=O)O)C2. The quantitative estimate of drug-likeness (QED) is 0.870. The lowest BCUT2D eigenvalue weighted by molar-refractivity contribution is -0.138. The Hall–Kier alpha value is -1.49. The van der Waals surface area contributed by atoms with E-state index < -0.39 is 5.97 Å². The summed E-state index contributed by atoms with van der Waals surface area (Å²) < 4.78 is 0. The standard InChI is InChI=1S/C13H19N3O2/c1-9(5-13(17)18)7-16-4-3-12-11(8-16)6-14-10(2)15-12/h6,9H,3-5,7-8H2,1-2H3,(H,17,18). The van der Waals surface area contributed by atoms with Crippen molar-refractivity contribution in [3.05, 3.63) is 23.3 Å². The summed E-state index contributed by atoms with van der Waals surface area (Å²) in [5.41, 5.74) is 2.32. The molecule has 5 heteroatoms. The number of aryl methyl sites for hydroxylation is 1. The van der Waals surface area contributed by atoms with Crippen molar-refractivity contribution in [3.63, 3.8) is 0 Å². The van der Waals surface area contributed by atoms with Gasteiger partial charge in [-0.15, -0.1) is 0 Å². The predicted octanol–water partition coefficient (Wildman–Crippen LogP) is 1.25. The van der Waals surface area contributed by atoms with E-state index in [4.69, 9.17) is 5.11 Å². The first kappa shape index (κ1) is 13.0. The summed E-state index contributed by atoms with van der Waals surface area (Å²) in [5.74, 6) is 0.274. The number of rotatable bonds is 4. The lowest BCUT2D eigenvalue weighted by Crippen LogP contribution is -2.35. The second-order valence-corrected chi connectivity index (χ2v) is 5.08. The Kier molecular flexibility index (Phi) is 3.91. The minimum absolute atomic E-state index is 0.176. The van der Waals surface area contributed by atoms with Crippen LogP contribution in [0, 0.1) is 12.8 Å². The van der Waals surface area contributed by atoms with Crippen molar-refractivity contribution in [2.45, 2.75) is 33.2 Å². The summed E-state index contributed by atoms with van der Waals surface area (Å²) in [7, 11) is 0. The molecule has 1 aliphatic rings. The van der Waals surface area contributed by atoms with Gasteiger partial charge in [0.05, 0.1) is 0 Å². The van der Waals surface area contributed by atoms with E-state index in [0.29, 0.717) is 0 Å². The first-order valence-electron chi connectivity index (χ1n) is 6.30. The van der Waals surface area contributed by atoms with Crippen LogP contribution in [0.3, 0.4) is 0 Å². The highest BCUT2D eigenvalue weighted by atomic mass is 16.4. The van der Waals surface area contributed by atoms with E-state index in [9.17, 15) is 4.79 Å². The van der Waals surface area contributed by atoms with E-state index in [1.165, 1.54) is 5.56 Å². The number of carboxylic acid groups (broad SMARTS) is 1. The molecule has 0 saturated carbocycles. The zero-order valence-corrected chi connectivity index (χ0v) is 10.9. The van der Waals surface area contributed by atoms with E-state index in [-0.39, 0.29) is 12.3 Å². The molecule has 0 radical (unpaired) electrons. The fraction of sp³-hybridized carbons (Fsp3) is 0.615. The number of hydrogen-bond acceptors (Lipinski definition) is 4. The maximum atomic E-state index is 10.6. The van der Waals surface area contributed by atoms with Gasteiger partial charge in [-0.1, -0.05) is 6.92 Å². The van der Waals surface area contributed by atoms with Crippen molar-refractivity contribution in [1.82, 2.24) is 14.9 Å². The summed E-state index contributed by atoms with van der Waals surface area (Å²) >= 11 is 0. The molecular formula is C13H19N3O2. The first-order valence-corrected chi connectivity index (χ1v) is 6.30. The molecule has 1 aromatic heterocycles. The normalized spacial score (nSPS) is 17.2. The van der Waals surface area contributed by atoms with Gasteiger partial charge in [-0.05, 0) is 12.8 Å². The Morgan fingerprint density at radius 1 is 1.61 bits per heavy atom. The van der Waals surface area contributed by atoms with Gasteiger partial charge in [0.2, 0.25) is 0 Å². The van der Waals surface area contributed by atoms with Crippen LogP contribution in [0.1, 0.15) is 30.4 Å². The van der Waals surface area contributed by atoms with Crippen molar-refractivity contribution >= 4 is 5.97 Å². The number of carbonyl (C=O) groups is 1. The van der Waals surface area contributed by atoms with Crippen molar-refractivity contribution < 1.29 is 9.90 Å². The Balaban J connectivity index is 1.95. The van der Waals surface area contributed by atoms with Crippen LogP contribution < -0.4 is 0 Å². The van der Waals surface area contributed by atoms with Gasteiger partial charge in [0.1, 0.15) is 5.82 Å². The molecule has 0 bridgehead atoms. The maximum absolute atomic E-state index is 10.6. The van der Waals surface area contributed by atoms with Crippen molar-refractivity contribution in [2.75, 3.05) is 13.1 Å². The Morgan fingerprint density at radius 3 is 3.11 bits per heavy atom. The average Bonchev–Trinajstić information content (AvgIpc) is 2.28. The lowest BCUT2D eigenvalue weighted by Gasteiger charge is -2.29. The Bertz CT molecular complexity index is 448. The topological polar surface area (TPSA) is 66.3 Å². The van der Waals surface area contributed by atoms with Gasteiger partial charge in [-0.3, -0.25) is 9.69 Å². The van der Waals surface area contributed by atoms with Gasteiger partial charge in [0, 0.05) is 49.9 Å². The van der Waals surface area contributed by atoms with Crippen LogP contribution in [0.15, 0.2) is 6.20 Å². The van der Waals surface area contributed by atoms with Crippen LogP contribution >= 0.6 is 0 Å². The number of carboxylic acids is 1. The summed E-state index contributed by atoms with van der Waals surface area (Å²) in [6, 6.07) is 0. The Morgan fingerprint density at radius 2 is 2.39 bits per heavy atom. The molecule has 1 unspecified atom stereocenters. The highest BCUT2D eigenvalue weighted by Crippen LogP contribution is 2.18. The number of nitrogens with zero attached hydrogens (tertiary/aromatic N) is 3. The summed E-state index contributed by atoms with van der Waals surface area (Å²) in [6.07, 6.45) is 3.05. The average molecular weight is 249 g/mol. The van der Waals surface area contributed by atoms with Gasteiger partial charge in [0.25, 0.3) is 0 Å². The molecule has 5 nitrogen and oxygen atoms in total. The molecule has 18 heavy (non-hydrogen) atoms. The monoisotopic (exact) mass is 249 g/mol. The third-order valence-corrected chi connectivity index (χ3v) is 3.23. The number of hydrogen-bond donors (Lipinski definition) is 1. The lowest BCUT2D eigenvalue weighted by atomic mass is 10.0. The van der Waals surface area contributed by atoms with E-state index in [2.05, 4.69) is 14.9 Å². The van der Waals surface area contributed by atoms with Gasteiger partial charge < -0.3 is 5.11 Å². The molecule has 0 spiro atoms. The number of fused-ring (bicyclic) bond motifs is 1. The zero-order chi connectivity index (χ0) is 13.1. The van der Waals surface area contributed by atoms with Crippen molar-refractivity contribution in [2.24, 2.45) is 5.92 Å². The molecule has 98 valence electrons. The molecule has 1 aromatic rings. The van der Waals surface area contributed by atoms with E-state index in [0.717, 1.165) is 37.6 Å². The largest absolute Gasteiger partial charge is 0.481 e. The van der Waals surface area contributed by atoms with Crippen LogP contribution in [-0.2, 0) is 17.8 Å². The molecule has 0 fully saturated rings. The van der Waals surface area contributed by atoms with Crippen LogP contribution in [-0.4, -0.2) is 39.0 Å². The van der Waals surface area contributed by atoms with Crippen molar-refractivity contribution in [3.8, 4) is 0 Å². The van der Waals surface area contributed by atoms with Gasteiger partial charge in [-0.25, -0.2) is 9.97 Å². The predicted molar refractivity (Wildman–Crippen MR) is 67.2 cm³/mol. The molecule has 1 aliphatic heterocycles. The van der Waals surface area contributed by atoms with Crippen molar-refractivity contribution in [1.29, 1.82) is 0 Å². The molecule has 1 atom stereocenters. The maximum Gasteiger partial charge on any atom is 0.303 e. The minimum Gasteiger partial charge on any atom is -0.481 e. The second kappa shape index (κ2) is 5.44. The molecule has 0 aromatic carbocycles. The first-order chi connectivity index (χ1) is 8.54. The van der Waals surface area contributed by atoms with E-state index in [1.807, 2.05) is 20.0 Å². The van der Waals surface area contributed by atoms with Crippen LogP contribution in [0.4, 0.5) is 0 Å². The zero-order valence-electron chi connectivity index (χ0n) is 10.9. The van der Waals surface area contributed by atoms with E-state index in [1.54, 1.807) is 0 Å². The van der Waals surface area contributed by atoms with Gasteiger partial charge in [0.15, 0.2) is 0 Å². The van der Waals surface area contributed by atoms with E-state index >= 15 is 0 Å². The number of aromatic nitrogens is 2. The van der Waals surface area contributed by atoms with Crippen LogP contribution in [0.25, 0.3) is 0 Å². The molecule has 1 N–H and O–H groups in total. The number of aliphatic carboxylic acids is 1. The summed E-state index contributed by atoms with van der Waals surface area (Å²) in [5, 5.41) is 8.76. The summed E-state index contributed by atoms with van der Waals surface area (Å²) in [4.78, 5) is 21.6. The molecule has 2 heterocycles. The molecular weight excluding hydrogens is 230 g/mol. The highest BCUT2D eigenvalue weighted by molar-refractivity contribution is 5.66. The molecule has 2 rings (SSSR count). The highest BCUT2D eigenvalue weighted by Gasteiger charge is 2.20. The van der Waals surface area contributed by atoms with Crippen LogP contribution in [0.5, 0.6) is 0 Å². The van der Waals surface area contributed by atoms with Crippen LogP contribution in [0.2, 0.25) is 0 Å². The third kappa shape index (κ3) is 3.26.